The van der Waals surface area contributed by atoms with E-state index in [9.17, 15) is 4.21 Å². The number of rotatable bonds is 4. The average Bonchev–Trinajstić information content (AvgIpc) is 2.99. The molecule has 6 heteroatoms. The van der Waals surface area contributed by atoms with E-state index in [0.717, 1.165) is 28.3 Å². The summed E-state index contributed by atoms with van der Waals surface area (Å²) in [5.74, 6) is 1.02. The number of amidine groups is 1. The molecule has 3 aromatic rings. The predicted molar refractivity (Wildman–Crippen MR) is 114 cm³/mol. The zero-order valence-corrected chi connectivity index (χ0v) is 16.5. The first-order valence-electron chi connectivity index (χ1n) is 8.95. The smallest absolute Gasteiger partial charge is 0.232 e. The van der Waals surface area contributed by atoms with E-state index in [0.29, 0.717) is 0 Å². The number of hydrogen-bond acceptors (Lipinski definition) is 3. The highest BCUT2D eigenvalue weighted by atomic mass is 32.2. The van der Waals surface area contributed by atoms with Gasteiger partial charge in [-0.1, -0.05) is 48.0 Å². The molecule has 0 saturated carbocycles. The molecule has 0 radical (unpaired) electrons. The fourth-order valence-corrected chi connectivity index (χ4v) is 4.74. The lowest BCUT2D eigenvalue weighted by Crippen LogP contribution is -2.27. The first-order valence-corrected chi connectivity index (χ1v) is 10.0. The van der Waals surface area contributed by atoms with Gasteiger partial charge in [0, 0.05) is 0 Å². The quantitative estimate of drug-likeness (QED) is 0.705. The van der Waals surface area contributed by atoms with Gasteiger partial charge in [0.15, 0.2) is 0 Å². The van der Waals surface area contributed by atoms with E-state index >= 15 is 0 Å². The Morgan fingerprint density at radius 2 is 1.54 bits per heavy atom. The van der Waals surface area contributed by atoms with E-state index in [1.165, 1.54) is 0 Å². The number of aryl methyl sites for hydroxylation is 1. The Morgan fingerprint density at radius 3 is 2.14 bits per heavy atom. The van der Waals surface area contributed by atoms with Gasteiger partial charge in [0.1, 0.15) is 17.6 Å². The normalized spacial score (nSPS) is 19.1. The maximum absolute atomic E-state index is 13.5. The van der Waals surface area contributed by atoms with Crippen molar-refractivity contribution in [3.05, 3.63) is 90.0 Å². The van der Waals surface area contributed by atoms with Crippen molar-refractivity contribution in [1.82, 2.24) is 0 Å². The summed E-state index contributed by atoms with van der Waals surface area (Å²) in [6, 6.07) is 24.4. The Hall–Kier alpha value is -3.12. The highest BCUT2D eigenvalue weighted by molar-refractivity contribution is 7.89. The monoisotopic (exact) mass is 391 g/mol. The van der Waals surface area contributed by atoms with Gasteiger partial charge in [-0.15, -0.1) is 0 Å². The zero-order valence-electron chi connectivity index (χ0n) is 15.7. The minimum atomic E-state index is -1.56. The van der Waals surface area contributed by atoms with Gasteiger partial charge in [-0.2, -0.15) is 0 Å². The molecular formula is C22H21N3O2S. The number of nitrogens with one attached hydrogen (secondary N) is 1. The fourth-order valence-electron chi connectivity index (χ4n) is 3.29. The van der Waals surface area contributed by atoms with Crippen LogP contribution in [0.25, 0.3) is 0 Å². The van der Waals surface area contributed by atoms with Crippen molar-refractivity contribution in [2.24, 2.45) is 0 Å². The first-order chi connectivity index (χ1) is 13.6. The van der Waals surface area contributed by atoms with Gasteiger partial charge in [-0.3, -0.25) is 9.71 Å². The van der Waals surface area contributed by atoms with Gasteiger partial charge in [0.2, 0.25) is 11.2 Å². The lowest BCUT2D eigenvalue weighted by atomic mass is 10.0. The van der Waals surface area contributed by atoms with E-state index in [2.05, 4.69) is 0 Å². The Morgan fingerprint density at radius 1 is 0.893 bits per heavy atom. The molecule has 3 aromatic carbocycles. The van der Waals surface area contributed by atoms with Crippen molar-refractivity contribution < 1.29 is 8.95 Å². The molecule has 5 nitrogen and oxygen atoms in total. The van der Waals surface area contributed by atoms with Crippen LogP contribution in [0.15, 0.2) is 78.9 Å². The van der Waals surface area contributed by atoms with Crippen LogP contribution in [-0.2, 0) is 11.2 Å². The maximum Gasteiger partial charge on any atom is 0.232 e. The lowest BCUT2D eigenvalue weighted by Gasteiger charge is -2.23. The summed E-state index contributed by atoms with van der Waals surface area (Å²) in [6.45, 7) is 2.01. The van der Waals surface area contributed by atoms with Crippen molar-refractivity contribution in [2.75, 3.05) is 15.7 Å². The van der Waals surface area contributed by atoms with Gasteiger partial charge in [-0.05, 0) is 48.9 Å². The number of benzene rings is 3. The number of ether oxygens (including phenoxy) is 1. The van der Waals surface area contributed by atoms with Crippen LogP contribution in [0.3, 0.4) is 0 Å². The summed E-state index contributed by atoms with van der Waals surface area (Å²) in [7, 11) is 1.62. The third-order valence-corrected chi connectivity index (χ3v) is 6.23. The van der Waals surface area contributed by atoms with E-state index in [1.807, 2.05) is 85.8 Å². The van der Waals surface area contributed by atoms with E-state index in [1.54, 1.807) is 15.7 Å². The van der Waals surface area contributed by atoms with Crippen molar-refractivity contribution in [3.63, 3.8) is 0 Å². The highest BCUT2D eigenvalue weighted by Crippen LogP contribution is 2.40. The summed E-state index contributed by atoms with van der Waals surface area (Å²) in [4.78, 5) is 0. The third-order valence-electron chi connectivity index (χ3n) is 4.75. The number of hydrogen-bond donors (Lipinski definition) is 1. The standard InChI is InChI=1S/C22H21N3O2S/c1-16-8-12-19(13-9-16)25-22(23)21(17-10-14-20(27-2)15-11-17)24(28(25)26)18-6-4-3-5-7-18/h3-15,21,23H,1-2H3. The molecule has 1 aliphatic heterocycles. The number of nitrogens with zero attached hydrogens (tertiary/aromatic N) is 2. The van der Waals surface area contributed by atoms with Crippen LogP contribution >= 0.6 is 0 Å². The van der Waals surface area contributed by atoms with E-state index in [4.69, 9.17) is 10.1 Å². The second-order valence-electron chi connectivity index (χ2n) is 6.58. The van der Waals surface area contributed by atoms with Crippen LogP contribution < -0.4 is 13.3 Å². The van der Waals surface area contributed by atoms with Crippen LogP contribution in [0.4, 0.5) is 11.4 Å². The SMILES string of the molecule is COc1ccc(C2C(=N)N(c3ccc(C)cc3)S(=O)N2c2ccccc2)cc1. The Kier molecular flexibility index (Phi) is 4.88. The van der Waals surface area contributed by atoms with Gasteiger partial charge < -0.3 is 4.74 Å². The van der Waals surface area contributed by atoms with E-state index < -0.39 is 17.2 Å². The Bertz CT molecular complexity index is 1000. The topological polar surface area (TPSA) is 56.6 Å². The molecule has 28 heavy (non-hydrogen) atoms. The minimum Gasteiger partial charge on any atom is -0.497 e. The molecule has 0 spiro atoms. The molecular weight excluding hydrogens is 370 g/mol. The minimum absolute atomic E-state index is 0.274. The molecule has 1 saturated heterocycles. The third kappa shape index (κ3) is 3.16. The summed E-state index contributed by atoms with van der Waals surface area (Å²) >= 11 is -1.56. The maximum atomic E-state index is 13.5. The summed E-state index contributed by atoms with van der Waals surface area (Å²) < 4.78 is 22.1. The van der Waals surface area contributed by atoms with Gasteiger partial charge in [0.25, 0.3) is 0 Å². The molecule has 2 atom stereocenters. The molecule has 4 rings (SSSR count). The van der Waals surface area contributed by atoms with Gasteiger partial charge in [-0.25, -0.2) is 8.51 Å². The Balaban J connectivity index is 1.81. The highest BCUT2D eigenvalue weighted by Gasteiger charge is 2.44. The van der Waals surface area contributed by atoms with Crippen molar-refractivity contribution in [2.45, 2.75) is 13.0 Å². The number of methoxy groups -OCH3 is 1. The zero-order chi connectivity index (χ0) is 19.7. The van der Waals surface area contributed by atoms with E-state index in [-0.39, 0.29) is 5.84 Å². The number of anilines is 2. The molecule has 0 aliphatic carbocycles. The van der Waals surface area contributed by atoms with Crippen LogP contribution in [0.5, 0.6) is 5.75 Å². The molecule has 1 aliphatic rings. The van der Waals surface area contributed by atoms with Crippen LogP contribution in [-0.4, -0.2) is 17.2 Å². The predicted octanol–water partition coefficient (Wildman–Crippen LogP) is 4.63. The van der Waals surface area contributed by atoms with Crippen LogP contribution in [0, 0.1) is 12.3 Å². The molecule has 1 heterocycles. The molecule has 2 unspecified atom stereocenters. The first kappa shape index (κ1) is 18.3. The molecule has 142 valence electrons. The van der Waals surface area contributed by atoms with Crippen LogP contribution in [0.2, 0.25) is 0 Å². The average molecular weight is 391 g/mol. The van der Waals surface area contributed by atoms with Gasteiger partial charge in [0.05, 0.1) is 18.5 Å². The van der Waals surface area contributed by atoms with Gasteiger partial charge >= 0.3 is 0 Å². The van der Waals surface area contributed by atoms with Crippen LogP contribution in [0.1, 0.15) is 17.2 Å². The second kappa shape index (κ2) is 7.48. The van der Waals surface area contributed by atoms with Crippen molar-refractivity contribution in [3.8, 4) is 5.75 Å². The van der Waals surface area contributed by atoms with Crippen molar-refractivity contribution >= 4 is 28.4 Å². The lowest BCUT2D eigenvalue weighted by molar-refractivity contribution is 0.414. The summed E-state index contributed by atoms with van der Waals surface area (Å²) in [6.07, 6.45) is 0. The molecule has 0 amide bonds. The van der Waals surface area contributed by atoms with Crippen molar-refractivity contribution in [1.29, 1.82) is 5.41 Å². The largest absolute Gasteiger partial charge is 0.497 e. The molecule has 0 aromatic heterocycles. The summed E-state index contributed by atoms with van der Waals surface area (Å²) in [5, 5.41) is 8.86. The summed E-state index contributed by atoms with van der Waals surface area (Å²) in [5.41, 5.74) is 3.55. The number of para-hydroxylation sites is 1. The fraction of sp³-hybridized carbons (Fsp3) is 0.136. The molecule has 1 fully saturated rings. The molecule has 1 N–H and O–H groups in total. The second-order valence-corrected chi connectivity index (χ2v) is 7.80. The molecule has 0 bridgehead atoms. The Labute approximate surface area is 167 Å².